The zero-order valence-electron chi connectivity index (χ0n) is 15.2. The van der Waals surface area contributed by atoms with Crippen LogP contribution >= 0.6 is 0 Å². The molecule has 6 nitrogen and oxygen atoms in total. The molecule has 2 aromatic heterocycles. The standard InChI is InChI=1S/C19H23N3O3/c1-18(2,3)25-17(24)22-14-8-9-15(21-12-14)16(23)19(4,5)13-7-6-10-20-11-13/h6-12H,1-5H3,(H,22,24). The molecule has 0 unspecified atom stereocenters. The van der Waals surface area contributed by atoms with Crippen molar-refractivity contribution in [3.8, 4) is 0 Å². The molecule has 0 fully saturated rings. The summed E-state index contributed by atoms with van der Waals surface area (Å²) in [4.78, 5) is 32.8. The summed E-state index contributed by atoms with van der Waals surface area (Å²) in [5.74, 6) is -0.121. The van der Waals surface area contributed by atoms with Crippen molar-refractivity contribution in [1.82, 2.24) is 9.97 Å². The molecule has 0 saturated carbocycles. The molecule has 0 aliphatic rings. The van der Waals surface area contributed by atoms with E-state index in [0.717, 1.165) is 5.56 Å². The molecule has 0 atom stereocenters. The first kappa shape index (κ1) is 18.6. The number of ketones is 1. The highest BCUT2D eigenvalue weighted by molar-refractivity contribution is 6.02. The number of carbonyl (C=O) groups excluding carboxylic acids is 2. The third-order valence-corrected chi connectivity index (χ3v) is 3.59. The number of amides is 1. The van der Waals surface area contributed by atoms with Gasteiger partial charge < -0.3 is 4.74 Å². The Morgan fingerprint density at radius 2 is 1.76 bits per heavy atom. The van der Waals surface area contributed by atoms with Crippen LogP contribution in [-0.4, -0.2) is 27.4 Å². The molecule has 1 N–H and O–H groups in total. The summed E-state index contributed by atoms with van der Waals surface area (Å²) < 4.78 is 5.18. The number of aromatic nitrogens is 2. The van der Waals surface area contributed by atoms with Crippen LogP contribution in [0.15, 0.2) is 42.9 Å². The van der Waals surface area contributed by atoms with Gasteiger partial charge in [0.05, 0.1) is 17.3 Å². The Balaban J connectivity index is 2.12. The fourth-order valence-electron chi connectivity index (χ4n) is 2.21. The van der Waals surface area contributed by atoms with E-state index in [1.807, 2.05) is 19.9 Å². The number of anilines is 1. The molecule has 1 amide bonds. The first-order chi connectivity index (χ1) is 11.6. The van der Waals surface area contributed by atoms with Gasteiger partial charge in [0, 0.05) is 12.4 Å². The summed E-state index contributed by atoms with van der Waals surface area (Å²) in [5.41, 5.74) is 0.272. The molecular weight excluding hydrogens is 318 g/mol. The smallest absolute Gasteiger partial charge is 0.412 e. The first-order valence-electron chi connectivity index (χ1n) is 8.01. The summed E-state index contributed by atoms with van der Waals surface area (Å²) in [6.07, 6.45) is 4.22. The number of pyridine rings is 2. The van der Waals surface area contributed by atoms with Gasteiger partial charge in [-0.05, 0) is 58.4 Å². The molecule has 2 aromatic rings. The molecule has 25 heavy (non-hydrogen) atoms. The number of nitrogens with one attached hydrogen (secondary N) is 1. The van der Waals surface area contributed by atoms with Gasteiger partial charge in [-0.2, -0.15) is 0 Å². The van der Waals surface area contributed by atoms with Crippen LogP contribution < -0.4 is 5.32 Å². The second-order valence-corrected chi connectivity index (χ2v) is 7.25. The van der Waals surface area contributed by atoms with E-state index in [2.05, 4.69) is 15.3 Å². The molecule has 6 heteroatoms. The molecule has 0 aliphatic heterocycles. The van der Waals surface area contributed by atoms with Crippen LogP contribution in [0.3, 0.4) is 0 Å². The number of nitrogens with zero attached hydrogens (tertiary/aromatic N) is 2. The van der Waals surface area contributed by atoms with Crippen LogP contribution in [0, 0.1) is 0 Å². The Kier molecular flexibility index (Phi) is 5.21. The Morgan fingerprint density at radius 1 is 1.04 bits per heavy atom. The van der Waals surface area contributed by atoms with Gasteiger partial charge in [0.25, 0.3) is 0 Å². The lowest BCUT2D eigenvalue weighted by Crippen LogP contribution is -2.30. The molecule has 0 bridgehead atoms. The third-order valence-electron chi connectivity index (χ3n) is 3.59. The van der Waals surface area contributed by atoms with Gasteiger partial charge in [0.2, 0.25) is 0 Å². The average molecular weight is 341 g/mol. The minimum atomic E-state index is -0.749. The van der Waals surface area contributed by atoms with Crippen molar-refractivity contribution in [3.05, 3.63) is 54.1 Å². The van der Waals surface area contributed by atoms with Crippen molar-refractivity contribution in [2.24, 2.45) is 0 Å². The van der Waals surface area contributed by atoms with E-state index in [1.165, 1.54) is 6.20 Å². The van der Waals surface area contributed by atoms with Crippen LogP contribution in [0.25, 0.3) is 0 Å². The van der Waals surface area contributed by atoms with Crippen LogP contribution in [0.1, 0.15) is 50.7 Å². The van der Waals surface area contributed by atoms with E-state index in [4.69, 9.17) is 4.74 Å². The van der Waals surface area contributed by atoms with Gasteiger partial charge in [-0.15, -0.1) is 0 Å². The molecule has 0 aliphatic carbocycles. The van der Waals surface area contributed by atoms with Crippen LogP contribution in [-0.2, 0) is 10.2 Å². The quantitative estimate of drug-likeness (QED) is 0.851. The van der Waals surface area contributed by atoms with Crippen molar-refractivity contribution >= 4 is 17.6 Å². The average Bonchev–Trinajstić information content (AvgIpc) is 2.54. The second-order valence-electron chi connectivity index (χ2n) is 7.25. The number of hydrogen-bond acceptors (Lipinski definition) is 5. The monoisotopic (exact) mass is 341 g/mol. The van der Waals surface area contributed by atoms with Crippen LogP contribution in [0.4, 0.5) is 10.5 Å². The molecule has 0 saturated heterocycles. The summed E-state index contributed by atoms with van der Waals surface area (Å²) >= 11 is 0. The Bertz CT molecular complexity index is 748. The Labute approximate surface area is 147 Å². The predicted molar refractivity (Wildman–Crippen MR) is 95.7 cm³/mol. The lowest BCUT2D eigenvalue weighted by atomic mass is 9.80. The fraction of sp³-hybridized carbons (Fsp3) is 0.368. The predicted octanol–water partition coefficient (Wildman–Crippen LogP) is 3.98. The lowest BCUT2D eigenvalue weighted by molar-refractivity contribution is 0.0635. The van der Waals surface area contributed by atoms with Crippen molar-refractivity contribution in [3.63, 3.8) is 0 Å². The van der Waals surface area contributed by atoms with E-state index in [1.54, 1.807) is 51.4 Å². The maximum absolute atomic E-state index is 12.8. The normalized spacial score (nSPS) is 11.7. The molecule has 0 radical (unpaired) electrons. The van der Waals surface area contributed by atoms with Gasteiger partial charge in [-0.1, -0.05) is 6.07 Å². The highest BCUT2D eigenvalue weighted by Gasteiger charge is 2.31. The number of Topliss-reactive ketones (excluding diaryl/α,β-unsaturated/α-hetero) is 1. The number of carbonyl (C=O) groups is 2. The first-order valence-corrected chi connectivity index (χ1v) is 8.01. The van der Waals surface area contributed by atoms with Crippen molar-refractivity contribution in [2.45, 2.75) is 45.6 Å². The summed E-state index contributed by atoms with van der Waals surface area (Å²) in [5, 5.41) is 2.59. The minimum absolute atomic E-state index is 0.121. The molecule has 132 valence electrons. The van der Waals surface area contributed by atoms with Crippen LogP contribution in [0.5, 0.6) is 0 Å². The van der Waals surface area contributed by atoms with Crippen molar-refractivity contribution in [2.75, 3.05) is 5.32 Å². The van der Waals surface area contributed by atoms with Crippen molar-refractivity contribution in [1.29, 1.82) is 0 Å². The highest BCUT2D eigenvalue weighted by Crippen LogP contribution is 2.26. The van der Waals surface area contributed by atoms with E-state index in [-0.39, 0.29) is 5.78 Å². The van der Waals surface area contributed by atoms with E-state index < -0.39 is 17.1 Å². The summed E-state index contributed by atoms with van der Waals surface area (Å²) in [6.45, 7) is 9.02. The molecule has 2 heterocycles. The van der Waals surface area contributed by atoms with E-state index in [9.17, 15) is 9.59 Å². The van der Waals surface area contributed by atoms with Crippen LogP contribution in [0.2, 0.25) is 0 Å². The van der Waals surface area contributed by atoms with Gasteiger partial charge >= 0.3 is 6.09 Å². The van der Waals surface area contributed by atoms with Crippen molar-refractivity contribution < 1.29 is 14.3 Å². The Morgan fingerprint density at radius 3 is 2.28 bits per heavy atom. The topological polar surface area (TPSA) is 81.2 Å². The minimum Gasteiger partial charge on any atom is -0.444 e. The fourth-order valence-corrected chi connectivity index (χ4v) is 2.21. The number of rotatable bonds is 4. The highest BCUT2D eigenvalue weighted by atomic mass is 16.6. The SMILES string of the molecule is CC(C)(C)OC(=O)Nc1ccc(C(=O)C(C)(C)c2cccnc2)nc1. The maximum atomic E-state index is 12.8. The molecule has 0 spiro atoms. The largest absolute Gasteiger partial charge is 0.444 e. The Hall–Kier alpha value is -2.76. The molecular formula is C19H23N3O3. The van der Waals surface area contributed by atoms with E-state index >= 15 is 0 Å². The van der Waals surface area contributed by atoms with E-state index in [0.29, 0.717) is 11.4 Å². The molecule has 0 aromatic carbocycles. The van der Waals surface area contributed by atoms with Gasteiger partial charge in [-0.25, -0.2) is 4.79 Å². The zero-order chi connectivity index (χ0) is 18.7. The summed E-state index contributed by atoms with van der Waals surface area (Å²) in [7, 11) is 0. The second kappa shape index (κ2) is 7.01. The van der Waals surface area contributed by atoms with Gasteiger partial charge in [-0.3, -0.25) is 20.1 Å². The number of hydrogen-bond donors (Lipinski definition) is 1. The number of ether oxygens (including phenoxy) is 1. The maximum Gasteiger partial charge on any atom is 0.412 e. The molecule has 2 rings (SSSR count). The third kappa shape index (κ3) is 4.86. The van der Waals surface area contributed by atoms with Gasteiger partial charge in [0.1, 0.15) is 11.3 Å². The zero-order valence-corrected chi connectivity index (χ0v) is 15.2. The summed E-state index contributed by atoms with van der Waals surface area (Å²) in [6, 6.07) is 6.88. The van der Waals surface area contributed by atoms with Gasteiger partial charge in [0.15, 0.2) is 5.78 Å². The lowest BCUT2D eigenvalue weighted by Gasteiger charge is -2.23.